The van der Waals surface area contributed by atoms with Crippen LogP contribution < -0.4 is 0 Å². The lowest BCUT2D eigenvalue weighted by Gasteiger charge is -2.36. The first-order chi connectivity index (χ1) is 14.2. The number of piperidine rings is 1. The van der Waals surface area contributed by atoms with E-state index >= 15 is 0 Å². The molecule has 0 aliphatic carbocycles. The predicted octanol–water partition coefficient (Wildman–Crippen LogP) is 4.37. The molecule has 1 atom stereocenters. The van der Waals surface area contributed by atoms with Crippen molar-refractivity contribution >= 4 is 11.8 Å². The van der Waals surface area contributed by atoms with Gasteiger partial charge in [0.25, 0.3) is 5.91 Å². The first kappa shape index (κ1) is 19.7. The third-order valence-electron chi connectivity index (χ3n) is 6.45. The zero-order valence-corrected chi connectivity index (χ0v) is 17.0. The van der Waals surface area contributed by atoms with Crippen molar-refractivity contribution in [1.82, 2.24) is 9.80 Å². The Hall–Kier alpha value is -2.62. The van der Waals surface area contributed by atoms with E-state index in [4.69, 9.17) is 0 Å². The fraction of sp³-hybridized carbons (Fsp3) is 0.440. The summed E-state index contributed by atoms with van der Waals surface area (Å²) in [6, 6.07) is 19.8. The summed E-state index contributed by atoms with van der Waals surface area (Å²) in [7, 11) is 0. The van der Waals surface area contributed by atoms with Gasteiger partial charge in [0.05, 0.1) is 0 Å². The molecule has 4 heteroatoms. The van der Waals surface area contributed by atoms with E-state index in [0.29, 0.717) is 18.4 Å². The van der Waals surface area contributed by atoms with Gasteiger partial charge in [-0.15, -0.1) is 0 Å². The lowest BCUT2D eigenvalue weighted by molar-refractivity contribution is -0.137. The van der Waals surface area contributed by atoms with Crippen LogP contribution in [0.25, 0.3) is 0 Å². The lowest BCUT2D eigenvalue weighted by Crippen LogP contribution is -2.43. The fourth-order valence-corrected chi connectivity index (χ4v) is 4.80. The molecule has 0 unspecified atom stereocenters. The topological polar surface area (TPSA) is 40.6 Å². The van der Waals surface area contributed by atoms with Crippen LogP contribution in [0.3, 0.4) is 0 Å². The zero-order valence-electron chi connectivity index (χ0n) is 17.0. The van der Waals surface area contributed by atoms with Crippen molar-refractivity contribution in [3.63, 3.8) is 0 Å². The highest BCUT2D eigenvalue weighted by atomic mass is 16.2. The van der Waals surface area contributed by atoms with E-state index < -0.39 is 0 Å². The number of hydrogen-bond donors (Lipinski definition) is 0. The van der Waals surface area contributed by atoms with E-state index in [9.17, 15) is 9.59 Å². The average molecular weight is 391 g/mol. The molecule has 0 bridgehead atoms. The predicted molar refractivity (Wildman–Crippen MR) is 114 cm³/mol. The fourth-order valence-electron chi connectivity index (χ4n) is 4.80. The quantitative estimate of drug-likeness (QED) is 0.778. The number of hydrogen-bond acceptors (Lipinski definition) is 2. The van der Waals surface area contributed by atoms with Gasteiger partial charge in [-0.25, -0.2) is 0 Å². The highest BCUT2D eigenvalue weighted by Crippen LogP contribution is 2.33. The minimum absolute atomic E-state index is 0.107. The van der Waals surface area contributed by atoms with Crippen LogP contribution in [-0.2, 0) is 11.3 Å². The number of carbonyl (C=O) groups excluding carboxylic acids is 2. The first-order valence-corrected chi connectivity index (χ1v) is 10.9. The monoisotopic (exact) mass is 390 g/mol. The number of carbonyl (C=O) groups is 2. The molecule has 4 nitrogen and oxygen atoms in total. The van der Waals surface area contributed by atoms with Gasteiger partial charge >= 0.3 is 0 Å². The molecule has 152 valence electrons. The molecule has 2 fully saturated rings. The third-order valence-corrected chi connectivity index (χ3v) is 6.45. The number of likely N-dealkylation sites (tertiary alicyclic amines) is 2. The minimum atomic E-state index is 0.107. The Morgan fingerprint density at radius 2 is 1.48 bits per heavy atom. The van der Waals surface area contributed by atoms with E-state index in [-0.39, 0.29) is 11.8 Å². The summed E-state index contributed by atoms with van der Waals surface area (Å²) in [5.74, 6) is 0.926. The van der Waals surface area contributed by atoms with Gasteiger partial charge in [-0.1, -0.05) is 55.0 Å². The highest BCUT2D eigenvalue weighted by molar-refractivity contribution is 5.94. The van der Waals surface area contributed by atoms with Gasteiger partial charge in [-0.2, -0.15) is 0 Å². The summed E-state index contributed by atoms with van der Waals surface area (Å²) in [5.41, 5.74) is 1.95. The molecule has 2 amide bonds. The van der Waals surface area contributed by atoms with Crippen LogP contribution in [0.2, 0.25) is 0 Å². The van der Waals surface area contributed by atoms with Crippen molar-refractivity contribution in [2.24, 2.45) is 11.8 Å². The van der Waals surface area contributed by atoms with Gasteiger partial charge in [0.1, 0.15) is 0 Å². The van der Waals surface area contributed by atoms with Crippen LogP contribution in [0.15, 0.2) is 60.7 Å². The van der Waals surface area contributed by atoms with Crippen molar-refractivity contribution in [1.29, 1.82) is 0 Å². The second-order valence-electron chi connectivity index (χ2n) is 8.34. The normalized spacial score (nSPS) is 21.1. The Labute approximate surface area is 173 Å². The molecule has 2 heterocycles. The maximum absolute atomic E-state index is 13.3. The summed E-state index contributed by atoms with van der Waals surface area (Å²) in [6.45, 7) is 3.07. The van der Waals surface area contributed by atoms with Gasteiger partial charge in [-0.3, -0.25) is 9.59 Å². The van der Waals surface area contributed by atoms with E-state index in [1.807, 2.05) is 53.4 Å². The average Bonchev–Trinajstić information content (AvgIpc) is 2.96. The summed E-state index contributed by atoms with van der Waals surface area (Å²) >= 11 is 0. The minimum Gasteiger partial charge on any atom is -0.339 e. The Morgan fingerprint density at radius 3 is 2.17 bits per heavy atom. The van der Waals surface area contributed by atoms with Crippen molar-refractivity contribution in [3.05, 3.63) is 71.8 Å². The number of rotatable bonds is 4. The molecular weight excluding hydrogens is 360 g/mol. The Balaban J connectivity index is 1.38. The molecule has 4 rings (SSSR count). The molecule has 0 spiro atoms. The smallest absolute Gasteiger partial charge is 0.253 e. The van der Waals surface area contributed by atoms with Crippen molar-refractivity contribution in [2.75, 3.05) is 19.6 Å². The molecule has 2 saturated heterocycles. The lowest BCUT2D eigenvalue weighted by atomic mass is 9.81. The van der Waals surface area contributed by atoms with E-state index in [0.717, 1.165) is 57.3 Å². The van der Waals surface area contributed by atoms with E-state index in [2.05, 4.69) is 17.0 Å². The van der Waals surface area contributed by atoms with Gasteiger partial charge in [-0.05, 0) is 49.3 Å². The summed E-state index contributed by atoms with van der Waals surface area (Å²) in [6.07, 6.45) is 5.04. The molecule has 0 N–H and O–H groups in total. The van der Waals surface area contributed by atoms with Gasteiger partial charge in [0.15, 0.2) is 0 Å². The molecule has 2 aliphatic rings. The van der Waals surface area contributed by atoms with E-state index in [1.165, 1.54) is 5.56 Å². The number of benzene rings is 2. The third kappa shape index (κ3) is 4.69. The second kappa shape index (κ2) is 9.25. The second-order valence-corrected chi connectivity index (χ2v) is 8.34. The maximum Gasteiger partial charge on any atom is 0.253 e. The molecule has 0 saturated carbocycles. The van der Waals surface area contributed by atoms with Gasteiger partial charge < -0.3 is 9.80 Å². The largest absolute Gasteiger partial charge is 0.339 e. The molecule has 0 aromatic heterocycles. The van der Waals surface area contributed by atoms with Crippen molar-refractivity contribution in [3.8, 4) is 0 Å². The Kier molecular flexibility index (Phi) is 6.28. The highest BCUT2D eigenvalue weighted by Gasteiger charge is 2.36. The molecule has 2 aromatic rings. The van der Waals surface area contributed by atoms with Crippen LogP contribution in [0, 0.1) is 11.8 Å². The van der Waals surface area contributed by atoms with Crippen LogP contribution in [0.1, 0.15) is 48.0 Å². The van der Waals surface area contributed by atoms with Crippen molar-refractivity contribution in [2.45, 2.75) is 38.6 Å². The summed E-state index contributed by atoms with van der Waals surface area (Å²) in [5, 5.41) is 0. The SMILES string of the molecule is O=C(c1ccccc1)N1CCC([C@H]2CCCCN(Cc3ccccc3)C2=O)CC1. The van der Waals surface area contributed by atoms with Crippen LogP contribution in [0.4, 0.5) is 0 Å². The number of nitrogens with zero attached hydrogens (tertiary/aromatic N) is 2. The Bertz CT molecular complexity index is 813. The molecule has 0 radical (unpaired) electrons. The zero-order chi connectivity index (χ0) is 20.1. The van der Waals surface area contributed by atoms with Crippen LogP contribution >= 0.6 is 0 Å². The first-order valence-electron chi connectivity index (χ1n) is 10.9. The van der Waals surface area contributed by atoms with Gasteiger partial charge in [0.2, 0.25) is 5.91 Å². The van der Waals surface area contributed by atoms with Crippen molar-refractivity contribution < 1.29 is 9.59 Å². The van der Waals surface area contributed by atoms with Crippen LogP contribution in [-0.4, -0.2) is 41.2 Å². The molecular formula is C25H30N2O2. The maximum atomic E-state index is 13.3. The molecule has 2 aromatic carbocycles. The summed E-state index contributed by atoms with van der Waals surface area (Å²) in [4.78, 5) is 30.1. The van der Waals surface area contributed by atoms with Gasteiger partial charge in [0, 0.05) is 37.7 Å². The van der Waals surface area contributed by atoms with E-state index in [1.54, 1.807) is 0 Å². The summed E-state index contributed by atoms with van der Waals surface area (Å²) < 4.78 is 0. The van der Waals surface area contributed by atoms with Crippen LogP contribution in [0.5, 0.6) is 0 Å². The standard InChI is InChI=1S/C25H30N2O2/c28-24(22-11-5-2-6-12-22)26-17-14-21(15-18-26)23-13-7-8-16-27(25(23)29)19-20-9-3-1-4-10-20/h1-6,9-12,21,23H,7-8,13-19H2/t23-/m1/s1. The number of amides is 2. The molecule has 29 heavy (non-hydrogen) atoms. The molecule has 2 aliphatic heterocycles. The Morgan fingerprint density at radius 1 is 0.828 bits per heavy atom.